The van der Waals surface area contributed by atoms with Gasteiger partial charge in [-0.2, -0.15) is 0 Å². The number of aromatic hydroxyl groups is 1. The van der Waals surface area contributed by atoms with Gasteiger partial charge in [-0.15, -0.1) is 0 Å². The lowest BCUT2D eigenvalue weighted by molar-refractivity contribution is 0.0652. The highest BCUT2D eigenvalue weighted by molar-refractivity contribution is 6.35. The van der Waals surface area contributed by atoms with E-state index in [-0.39, 0.29) is 16.5 Å². The molecule has 0 unspecified atom stereocenters. The number of carboxylic acids is 1. The number of halogens is 1. The molecule has 0 saturated heterocycles. The van der Waals surface area contributed by atoms with Gasteiger partial charge in [-0.3, -0.25) is 0 Å². The Bertz CT molecular complexity index is 550. The van der Waals surface area contributed by atoms with Gasteiger partial charge in [0.25, 0.3) is 5.76 Å². The summed E-state index contributed by atoms with van der Waals surface area (Å²) in [7, 11) is 0. The summed E-state index contributed by atoms with van der Waals surface area (Å²) < 4.78 is 4.57. The second kappa shape index (κ2) is 3.86. The first kappa shape index (κ1) is 10.5. The lowest BCUT2D eigenvalue weighted by Gasteiger charge is -1.99. The van der Waals surface area contributed by atoms with Crippen LogP contribution in [0.25, 0.3) is 11.3 Å². The van der Waals surface area contributed by atoms with E-state index in [4.69, 9.17) is 16.7 Å². The maximum absolute atomic E-state index is 10.7. The van der Waals surface area contributed by atoms with Gasteiger partial charge in [-0.25, -0.2) is 4.79 Å². The highest BCUT2D eigenvalue weighted by atomic mass is 35.5. The average Bonchev–Trinajstić information content (AvgIpc) is 2.61. The third-order valence-electron chi connectivity index (χ3n) is 1.99. The van der Waals surface area contributed by atoms with Crippen LogP contribution in [0, 0.1) is 0 Å². The van der Waals surface area contributed by atoms with E-state index in [1.165, 1.54) is 6.07 Å². The van der Waals surface area contributed by atoms with Crippen molar-refractivity contribution in [3.63, 3.8) is 0 Å². The van der Waals surface area contributed by atoms with E-state index in [9.17, 15) is 9.90 Å². The number of phenolic OH excluding ortho intramolecular Hbond substituents is 1. The Morgan fingerprint density at radius 1 is 1.38 bits per heavy atom. The Kier molecular flexibility index (Phi) is 2.54. The van der Waals surface area contributed by atoms with Gasteiger partial charge in [0.05, 0.1) is 0 Å². The molecule has 2 aromatic rings. The second-order valence-corrected chi connectivity index (χ2v) is 3.37. The van der Waals surface area contributed by atoms with Crippen molar-refractivity contribution < 1.29 is 19.5 Å². The number of hydrogen-bond donors (Lipinski definition) is 2. The van der Waals surface area contributed by atoms with Crippen LogP contribution in [0.4, 0.5) is 0 Å². The van der Waals surface area contributed by atoms with E-state index in [2.05, 4.69) is 9.68 Å². The number of para-hydroxylation sites is 1. The number of benzene rings is 1. The molecule has 6 heteroatoms. The van der Waals surface area contributed by atoms with E-state index in [1.54, 1.807) is 18.2 Å². The number of nitrogens with zero attached hydrogens (tertiary/aromatic N) is 1. The van der Waals surface area contributed by atoms with Crippen molar-refractivity contribution in [3.8, 4) is 17.0 Å². The third-order valence-corrected chi connectivity index (χ3v) is 2.34. The number of rotatable bonds is 2. The summed E-state index contributed by atoms with van der Waals surface area (Å²) in [5, 5.41) is 21.7. The zero-order valence-electron chi connectivity index (χ0n) is 7.85. The molecular formula is C10H6ClNO4. The van der Waals surface area contributed by atoms with Gasteiger partial charge in [-0.05, 0) is 12.1 Å². The van der Waals surface area contributed by atoms with E-state index >= 15 is 0 Å². The molecule has 2 rings (SSSR count). The van der Waals surface area contributed by atoms with Crippen LogP contribution in [0.1, 0.15) is 10.6 Å². The fourth-order valence-corrected chi connectivity index (χ4v) is 1.50. The van der Waals surface area contributed by atoms with Gasteiger partial charge in [0.15, 0.2) is 0 Å². The quantitative estimate of drug-likeness (QED) is 0.841. The molecule has 16 heavy (non-hydrogen) atoms. The van der Waals surface area contributed by atoms with Crippen LogP contribution in [0.2, 0.25) is 5.02 Å². The topological polar surface area (TPSA) is 83.6 Å². The molecule has 2 N–H and O–H groups in total. The van der Waals surface area contributed by atoms with Crippen LogP contribution in [-0.4, -0.2) is 21.3 Å². The summed E-state index contributed by atoms with van der Waals surface area (Å²) >= 11 is 5.78. The first-order valence-corrected chi connectivity index (χ1v) is 4.66. The minimum absolute atomic E-state index is 0.0466. The molecule has 0 aliphatic heterocycles. The summed E-state index contributed by atoms with van der Waals surface area (Å²) in [5.41, 5.74) is 0.431. The van der Waals surface area contributed by atoms with Crippen molar-refractivity contribution in [2.75, 3.05) is 0 Å². The van der Waals surface area contributed by atoms with Crippen LogP contribution in [0.15, 0.2) is 28.8 Å². The molecule has 0 aliphatic rings. The molecular weight excluding hydrogens is 234 g/mol. The normalized spacial score (nSPS) is 10.3. The molecule has 5 nitrogen and oxygen atoms in total. The Labute approximate surface area is 94.9 Å². The van der Waals surface area contributed by atoms with Gasteiger partial charge in [-0.1, -0.05) is 28.9 Å². The van der Waals surface area contributed by atoms with Crippen LogP contribution >= 0.6 is 11.6 Å². The lowest BCUT2D eigenvalue weighted by Crippen LogP contribution is -1.93. The van der Waals surface area contributed by atoms with Crippen LogP contribution in [0.3, 0.4) is 0 Å². The predicted molar refractivity (Wildman–Crippen MR) is 55.6 cm³/mol. The molecule has 1 aromatic carbocycles. The number of aromatic carboxylic acids is 1. The van der Waals surface area contributed by atoms with Crippen LogP contribution < -0.4 is 0 Å². The Hall–Kier alpha value is -2.01. The first-order valence-electron chi connectivity index (χ1n) is 4.28. The van der Waals surface area contributed by atoms with Crippen LogP contribution in [-0.2, 0) is 0 Å². The second-order valence-electron chi connectivity index (χ2n) is 3.00. The average molecular weight is 240 g/mol. The summed E-state index contributed by atoms with van der Waals surface area (Å²) in [6, 6.07) is 6.30. The number of phenols is 1. The highest BCUT2D eigenvalue weighted by Crippen LogP contribution is 2.34. The molecule has 1 aromatic heterocycles. The minimum Gasteiger partial charge on any atom is -0.507 e. The molecule has 1 heterocycles. The Morgan fingerprint density at radius 3 is 2.62 bits per heavy atom. The van der Waals surface area contributed by atoms with Crippen molar-refractivity contribution in [2.24, 2.45) is 0 Å². The number of carbonyl (C=O) groups is 1. The summed E-state index contributed by atoms with van der Waals surface area (Å²) in [6.45, 7) is 0. The first-order chi connectivity index (χ1) is 7.61. The highest BCUT2D eigenvalue weighted by Gasteiger charge is 2.22. The monoisotopic (exact) mass is 239 g/mol. The molecule has 0 atom stereocenters. The number of hydrogen-bond acceptors (Lipinski definition) is 4. The van der Waals surface area contributed by atoms with Gasteiger partial charge < -0.3 is 14.7 Å². The van der Waals surface area contributed by atoms with Crippen LogP contribution in [0.5, 0.6) is 5.75 Å². The fraction of sp³-hybridized carbons (Fsp3) is 0. The Morgan fingerprint density at radius 2 is 2.06 bits per heavy atom. The molecule has 0 saturated carbocycles. The molecule has 0 spiro atoms. The fourth-order valence-electron chi connectivity index (χ4n) is 1.25. The summed E-state index contributed by atoms with van der Waals surface area (Å²) in [5.74, 6) is -1.80. The van der Waals surface area contributed by atoms with Gasteiger partial charge in [0, 0.05) is 5.56 Å². The van der Waals surface area contributed by atoms with Crippen molar-refractivity contribution >= 4 is 17.6 Å². The maximum atomic E-state index is 10.7. The zero-order valence-corrected chi connectivity index (χ0v) is 8.60. The van der Waals surface area contributed by atoms with Gasteiger partial charge in [0.2, 0.25) is 0 Å². The van der Waals surface area contributed by atoms with E-state index in [0.717, 1.165) is 0 Å². The lowest BCUT2D eigenvalue weighted by atomic mass is 10.1. The summed E-state index contributed by atoms with van der Waals surface area (Å²) in [4.78, 5) is 10.7. The van der Waals surface area contributed by atoms with Gasteiger partial charge in [0.1, 0.15) is 16.5 Å². The number of aromatic nitrogens is 1. The molecule has 0 radical (unpaired) electrons. The molecule has 0 bridgehead atoms. The van der Waals surface area contributed by atoms with Crippen molar-refractivity contribution in [2.45, 2.75) is 0 Å². The zero-order chi connectivity index (χ0) is 11.7. The smallest absolute Gasteiger partial charge is 0.376 e. The van der Waals surface area contributed by atoms with E-state index < -0.39 is 11.7 Å². The van der Waals surface area contributed by atoms with E-state index in [0.29, 0.717) is 5.56 Å². The standard InChI is InChI=1S/C10H6ClNO4/c11-7-8(12-16-9(7)10(14)15)5-3-1-2-4-6(5)13/h1-4,13H,(H,14,15). The Balaban J connectivity index is 2.58. The third kappa shape index (κ3) is 1.61. The molecule has 82 valence electrons. The molecule has 0 amide bonds. The predicted octanol–water partition coefficient (Wildman–Crippen LogP) is 2.40. The minimum atomic E-state index is -1.31. The molecule has 0 fully saturated rings. The van der Waals surface area contributed by atoms with E-state index in [1.807, 2.05) is 0 Å². The largest absolute Gasteiger partial charge is 0.507 e. The summed E-state index contributed by atoms with van der Waals surface area (Å²) in [6.07, 6.45) is 0. The van der Waals surface area contributed by atoms with Crippen molar-refractivity contribution in [1.29, 1.82) is 0 Å². The molecule has 0 aliphatic carbocycles. The van der Waals surface area contributed by atoms with Crippen molar-refractivity contribution in [3.05, 3.63) is 35.0 Å². The SMILES string of the molecule is O=C(O)c1onc(-c2ccccc2O)c1Cl. The van der Waals surface area contributed by atoms with Gasteiger partial charge >= 0.3 is 5.97 Å². The number of carboxylic acid groups (broad SMARTS) is 1. The van der Waals surface area contributed by atoms with Crippen molar-refractivity contribution in [1.82, 2.24) is 5.16 Å². The maximum Gasteiger partial charge on any atom is 0.376 e.